The minimum atomic E-state index is -5.19. The number of nitro groups is 1. The lowest BCUT2D eigenvalue weighted by molar-refractivity contribution is -0.540. The molecule has 0 saturated carbocycles. The van der Waals surface area contributed by atoms with Gasteiger partial charge in [-0.3, -0.25) is 10.1 Å². The Kier molecular flexibility index (Phi) is 5.37. The summed E-state index contributed by atoms with van der Waals surface area (Å²) in [6.07, 6.45) is -5.19. The van der Waals surface area contributed by atoms with E-state index in [1.165, 1.54) is 18.2 Å². The molecule has 0 unspecified atom stereocenters. The van der Waals surface area contributed by atoms with Crippen molar-refractivity contribution in [2.45, 2.75) is 24.7 Å². The van der Waals surface area contributed by atoms with Gasteiger partial charge >= 0.3 is 17.8 Å². The van der Waals surface area contributed by atoms with Gasteiger partial charge in [-0.25, -0.2) is 0 Å². The second-order valence-corrected chi connectivity index (χ2v) is 7.84. The van der Waals surface area contributed by atoms with Crippen LogP contribution in [0.2, 0.25) is 10.0 Å². The van der Waals surface area contributed by atoms with Crippen LogP contribution in [-0.4, -0.2) is 22.9 Å². The lowest BCUT2D eigenvalue weighted by Crippen LogP contribution is -2.55. The molecule has 0 aliphatic carbocycles. The third kappa shape index (κ3) is 3.35. The number of oxime groups is 1. The summed E-state index contributed by atoms with van der Waals surface area (Å²) in [4.78, 5) is 15.6. The molecule has 11 heteroatoms. The molecule has 148 valence electrons. The normalized spacial score (nSPS) is 22.0. The van der Waals surface area contributed by atoms with Gasteiger partial charge in [-0.05, 0) is 42.8 Å². The number of hydrogen-bond donors (Lipinski definition) is 0. The Bertz CT molecular complexity index is 980. The molecule has 3 rings (SSSR count). The van der Waals surface area contributed by atoms with E-state index in [1.54, 1.807) is 13.0 Å². The van der Waals surface area contributed by atoms with Crippen molar-refractivity contribution in [1.82, 2.24) is 0 Å². The molecule has 0 N–H and O–H groups in total. The number of rotatable bonds is 3. The summed E-state index contributed by atoms with van der Waals surface area (Å²) in [6, 6.07) is 5.20. The molecule has 5 nitrogen and oxygen atoms in total. The standard InChI is InChI=1S/C17H10BrCl2F3N2O3/c1-8-4-9(2-3-13(8)18)14-15(25(26)27)16(28-24-14,17(21,22)23)10-5-11(19)7-12(20)6-10/h2-7,15H,1H3/t15-,16-/m0/s1. The fourth-order valence-electron chi connectivity index (χ4n) is 3.03. The number of hydrogen-bond acceptors (Lipinski definition) is 4. The number of aryl methyl sites for hydroxylation is 1. The van der Waals surface area contributed by atoms with Crippen LogP contribution in [0, 0.1) is 17.0 Å². The van der Waals surface area contributed by atoms with Crippen molar-refractivity contribution in [3.05, 3.63) is 77.7 Å². The van der Waals surface area contributed by atoms with Crippen LogP contribution in [-0.2, 0) is 10.4 Å². The summed E-state index contributed by atoms with van der Waals surface area (Å²) in [7, 11) is 0. The smallest absolute Gasteiger partial charge is 0.366 e. The van der Waals surface area contributed by atoms with Gasteiger partial charge in [0.05, 0.1) is 0 Å². The van der Waals surface area contributed by atoms with E-state index in [0.29, 0.717) is 10.0 Å². The van der Waals surface area contributed by atoms with Gasteiger partial charge in [-0.1, -0.05) is 50.4 Å². The largest absolute Gasteiger partial charge is 0.443 e. The van der Waals surface area contributed by atoms with Crippen LogP contribution in [0.3, 0.4) is 0 Å². The van der Waals surface area contributed by atoms with Crippen LogP contribution in [0.5, 0.6) is 0 Å². The molecule has 0 spiro atoms. The van der Waals surface area contributed by atoms with Crippen LogP contribution in [0.4, 0.5) is 13.2 Å². The zero-order valence-electron chi connectivity index (χ0n) is 13.9. The maximum absolute atomic E-state index is 14.2. The summed E-state index contributed by atoms with van der Waals surface area (Å²) in [6.45, 7) is 1.69. The molecule has 1 aliphatic heterocycles. The van der Waals surface area contributed by atoms with Crippen LogP contribution in [0.25, 0.3) is 0 Å². The van der Waals surface area contributed by atoms with Crippen molar-refractivity contribution in [2.75, 3.05) is 0 Å². The molecule has 0 fully saturated rings. The summed E-state index contributed by atoms with van der Waals surface area (Å²) in [5, 5.41) is 15.1. The molecular weight excluding hydrogens is 488 g/mol. The fraction of sp³-hybridized carbons (Fsp3) is 0.235. The van der Waals surface area contributed by atoms with Crippen molar-refractivity contribution in [3.8, 4) is 0 Å². The van der Waals surface area contributed by atoms with Crippen molar-refractivity contribution in [1.29, 1.82) is 0 Å². The van der Waals surface area contributed by atoms with Crippen molar-refractivity contribution in [2.24, 2.45) is 5.16 Å². The van der Waals surface area contributed by atoms with Gasteiger partial charge in [-0.15, -0.1) is 0 Å². The van der Waals surface area contributed by atoms with E-state index in [2.05, 4.69) is 21.1 Å². The summed E-state index contributed by atoms with van der Waals surface area (Å²) >= 11 is 15.0. The average Bonchev–Trinajstić information content (AvgIpc) is 2.98. The Hall–Kier alpha value is -1.84. The second kappa shape index (κ2) is 7.20. The average molecular weight is 498 g/mol. The van der Waals surface area contributed by atoms with Crippen LogP contribution < -0.4 is 0 Å². The second-order valence-electron chi connectivity index (χ2n) is 6.11. The Morgan fingerprint density at radius 2 is 1.82 bits per heavy atom. The van der Waals surface area contributed by atoms with Gasteiger partial charge in [0.15, 0.2) is 5.71 Å². The number of halogens is 6. The maximum Gasteiger partial charge on any atom is 0.443 e. The van der Waals surface area contributed by atoms with Gasteiger partial charge in [-0.2, -0.15) is 13.2 Å². The zero-order valence-corrected chi connectivity index (χ0v) is 17.0. The molecule has 0 aromatic heterocycles. The third-order valence-corrected chi connectivity index (χ3v) is 5.64. The first-order chi connectivity index (χ1) is 13.0. The first kappa shape index (κ1) is 20.9. The van der Waals surface area contributed by atoms with E-state index < -0.39 is 34.0 Å². The lowest BCUT2D eigenvalue weighted by atomic mass is 9.82. The lowest BCUT2D eigenvalue weighted by Gasteiger charge is -2.30. The predicted molar refractivity (Wildman–Crippen MR) is 101 cm³/mol. The minimum Gasteiger partial charge on any atom is -0.366 e. The molecule has 0 radical (unpaired) electrons. The first-order valence-electron chi connectivity index (χ1n) is 7.66. The van der Waals surface area contributed by atoms with Gasteiger partial charge in [0.25, 0.3) is 0 Å². The summed E-state index contributed by atoms with van der Waals surface area (Å²) < 4.78 is 43.3. The molecule has 28 heavy (non-hydrogen) atoms. The maximum atomic E-state index is 14.2. The van der Waals surface area contributed by atoms with Crippen LogP contribution >= 0.6 is 39.1 Å². The SMILES string of the molecule is Cc1cc(C2=NO[C@](c3cc(Cl)cc(Cl)c3)(C(F)(F)F)[C@H]2[N+](=O)[O-])ccc1Br. The molecule has 1 aliphatic rings. The Labute approximate surface area is 175 Å². The molecule has 2 aromatic rings. The molecule has 0 bridgehead atoms. The predicted octanol–water partition coefficient (Wildman–Crippen LogP) is 5.90. The summed E-state index contributed by atoms with van der Waals surface area (Å²) in [5.41, 5.74) is -3.62. The molecule has 2 aromatic carbocycles. The van der Waals surface area contributed by atoms with Crippen LogP contribution in [0.1, 0.15) is 16.7 Å². The van der Waals surface area contributed by atoms with Gasteiger partial charge in [0, 0.05) is 30.6 Å². The van der Waals surface area contributed by atoms with Gasteiger partial charge in [0.2, 0.25) is 0 Å². The quantitative estimate of drug-likeness (QED) is 0.391. The highest BCUT2D eigenvalue weighted by Gasteiger charge is 2.74. The zero-order chi connectivity index (χ0) is 20.9. The van der Waals surface area contributed by atoms with Gasteiger partial charge in [0.1, 0.15) is 0 Å². The molecule has 2 atom stereocenters. The first-order valence-corrected chi connectivity index (χ1v) is 9.21. The Morgan fingerprint density at radius 1 is 1.21 bits per heavy atom. The molecule has 0 amide bonds. The van der Waals surface area contributed by atoms with E-state index in [9.17, 15) is 23.3 Å². The van der Waals surface area contributed by atoms with E-state index in [-0.39, 0.29) is 15.6 Å². The van der Waals surface area contributed by atoms with Gasteiger partial charge < -0.3 is 4.84 Å². The van der Waals surface area contributed by atoms with E-state index in [4.69, 9.17) is 28.0 Å². The number of alkyl halides is 3. The van der Waals surface area contributed by atoms with Crippen molar-refractivity contribution in [3.63, 3.8) is 0 Å². The Morgan fingerprint density at radius 3 is 2.32 bits per heavy atom. The Balaban J connectivity index is 2.24. The molecule has 0 saturated heterocycles. The highest BCUT2D eigenvalue weighted by molar-refractivity contribution is 9.10. The highest BCUT2D eigenvalue weighted by Crippen LogP contribution is 2.50. The van der Waals surface area contributed by atoms with Crippen LogP contribution in [0.15, 0.2) is 46.0 Å². The third-order valence-electron chi connectivity index (χ3n) is 4.31. The van der Waals surface area contributed by atoms with E-state index in [1.807, 2.05) is 0 Å². The number of benzene rings is 2. The number of nitrogens with zero attached hydrogens (tertiary/aromatic N) is 2. The topological polar surface area (TPSA) is 64.7 Å². The summed E-state index contributed by atoms with van der Waals surface area (Å²) in [5.74, 6) is 0. The fourth-order valence-corrected chi connectivity index (χ4v) is 3.80. The van der Waals surface area contributed by atoms with Crippen molar-refractivity contribution < 1.29 is 22.9 Å². The molecule has 1 heterocycles. The van der Waals surface area contributed by atoms with E-state index >= 15 is 0 Å². The van der Waals surface area contributed by atoms with E-state index in [0.717, 1.165) is 12.1 Å². The minimum absolute atomic E-state index is 0.121. The monoisotopic (exact) mass is 496 g/mol. The highest BCUT2D eigenvalue weighted by atomic mass is 79.9. The van der Waals surface area contributed by atoms with Crippen molar-refractivity contribution >= 4 is 44.8 Å². The molecular formula is C17H10BrCl2F3N2O3.